The van der Waals surface area contributed by atoms with Crippen LogP contribution in [0.1, 0.15) is 34.5 Å². The Morgan fingerprint density at radius 1 is 1.11 bits per heavy atom. The molecule has 8 nitrogen and oxygen atoms in total. The number of carbonyl (C=O) groups is 1. The van der Waals surface area contributed by atoms with Crippen LogP contribution in [0.4, 0.5) is 5.69 Å². The second kappa shape index (κ2) is 10.9. The SMILES string of the molecule is Cc1ccc(N2CCN(C)CC2)cc1C(=O)N[C@H](C)c1cc(OCCO)cc(-c2cnn(C)c2)c1. The van der Waals surface area contributed by atoms with Crippen LogP contribution in [0.3, 0.4) is 0 Å². The molecule has 2 heterocycles. The average Bonchev–Trinajstić information content (AvgIpc) is 3.29. The third-order valence-electron chi connectivity index (χ3n) is 6.51. The molecule has 1 amide bonds. The van der Waals surface area contributed by atoms with E-state index in [1.54, 1.807) is 10.9 Å². The van der Waals surface area contributed by atoms with Crippen LogP contribution in [-0.2, 0) is 7.05 Å². The first kappa shape index (κ1) is 24.8. The van der Waals surface area contributed by atoms with Gasteiger partial charge in [0.25, 0.3) is 5.91 Å². The lowest BCUT2D eigenvalue weighted by molar-refractivity contribution is 0.0939. The Labute approximate surface area is 207 Å². The summed E-state index contributed by atoms with van der Waals surface area (Å²) >= 11 is 0. The number of aliphatic hydroxyl groups excluding tert-OH is 1. The molecule has 1 fully saturated rings. The molecule has 0 bridgehead atoms. The monoisotopic (exact) mass is 477 g/mol. The lowest BCUT2D eigenvalue weighted by atomic mass is 10.0. The number of rotatable bonds is 8. The number of benzene rings is 2. The van der Waals surface area contributed by atoms with Crippen molar-refractivity contribution in [2.24, 2.45) is 7.05 Å². The molecule has 2 aromatic carbocycles. The number of aryl methyl sites for hydroxylation is 2. The van der Waals surface area contributed by atoms with E-state index in [0.29, 0.717) is 11.3 Å². The number of ether oxygens (including phenoxy) is 1. The minimum absolute atomic E-state index is 0.0678. The van der Waals surface area contributed by atoms with E-state index < -0.39 is 0 Å². The maximum atomic E-state index is 13.3. The second-order valence-electron chi connectivity index (χ2n) is 9.25. The maximum Gasteiger partial charge on any atom is 0.252 e. The topological polar surface area (TPSA) is 82.9 Å². The molecule has 0 aliphatic carbocycles. The summed E-state index contributed by atoms with van der Waals surface area (Å²) in [6.45, 7) is 8.01. The lowest BCUT2D eigenvalue weighted by Crippen LogP contribution is -2.44. The van der Waals surface area contributed by atoms with E-state index in [2.05, 4.69) is 33.3 Å². The first-order valence-electron chi connectivity index (χ1n) is 12.1. The van der Waals surface area contributed by atoms with Crippen molar-refractivity contribution >= 4 is 11.6 Å². The summed E-state index contributed by atoms with van der Waals surface area (Å²) in [5.74, 6) is 0.542. The van der Waals surface area contributed by atoms with Crippen LogP contribution in [0.5, 0.6) is 5.75 Å². The molecule has 1 saturated heterocycles. The highest BCUT2D eigenvalue weighted by Gasteiger charge is 2.19. The largest absolute Gasteiger partial charge is 0.491 e. The summed E-state index contributed by atoms with van der Waals surface area (Å²) in [4.78, 5) is 18.0. The van der Waals surface area contributed by atoms with E-state index in [-0.39, 0.29) is 25.2 Å². The molecule has 8 heteroatoms. The number of carbonyl (C=O) groups excluding carboxylic acids is 1. The molecule has 35 heavy (non-hydrogen) atoms. The molecule has 3 aromatic rings. The fourth-order valence-electron chi connectivity index (χ4n) is 4.33. The van der Waals surface area contributed by atoms with Crippen molar-refractivity contribution < 1.29 is 14.6 Å². The number of piperazine rings is 1. The Morgan fingerprint density at radius 2 is 1.89 bits per heavy atom. The minimum atomic E-state index is -0.248. The van der Waals surface area contributed by atoms with Gasteiger partial charge in [-0.15, -0.1) is 0 Å². The summed E-state index contributed by atoms with van der Waals surface area (Å²) in [7, 11) is 4.01. The van der Waals surface area contributed by atoms with Crippen LogP contribution in [0.25, 0.3) is 11.1 Å². The van der Waals surface area contributed by atoms with Crippen molar-refractivity contribution in [3.05, 3.63) is 65.5 Å². The molecule has 186 valence electrons. The normalized spacial score (nSPS) is 15.2. The van der Waals surface area contributed by atoms with E-state index in [0.717, 1.165) is 54.1 Å². The predicted octanol–water partition coefficient (Wildman–Crippen LogP) is 3.01. The second-order valence-corrected chi connectivity index (χ2v) is 9.25. The van der Waals surface area contributed by atoms with Gasteiger partial charge in [-0.05, 0) is 67.9 Å². The van der Waals surface area contributed by atoms with E-state index in [9.17, 15) is 9.90 Å². The van der Waals surface area contributed by atoms with Crippen molar-refractivity contribution in [1.29, 1.82) is 0 Å². The number of anilines is 1. The van der Waals surface area contributed by atoms with Crippen LogP contribution < -0.4 is 15.0 Å². The van der Waals surface area contributed by atoms with Crippen LogP contribution in [0, 0.1) is 6.92 Å². The van der Waals surface area contributed by atoms with Gasteiger partial charge in [0.2, 0.25) is 0 Å². The van der Waals surface area contributed by atoms with Crippen LogP contribution >= 0.6 is 0 Å². The molecular weight excluding hydrogens is 442 g/mol. The van der Waals surface area contributed by atoms with Gasteiger partial charge in [-0.1, -0.05) is 6.07 Å². The summed E-state index contributed by atoms with van der Waals surface area (Å²) in [5.41, 5.74) is 5.53. The zero-order chi connectivity index (χ0) is 24.9. The van der Waals surface area contributed by atoms with Gasteiger partial charge in [-0.2, -0.15) is 5.10 Å². The Hall–Kier alpha value is -3.36. The highest BCUT2D eigenvalue weighted by Crippen LogP contribution is 2.29. The fraction of sp³-hybridized carbons (Fsp3) is 0.407. The molecule has 0 unspecified atom stereocenters. The highest BCUT2D eigenvalue weighted by atomic mass is 16.5. The maximum absolute atomic E-state index is 13.3. The summed E-state index contributed by atoms with van der Waals surface area (Å²) in [6.07, 6.45) is 3.73. The average molecular weight is 478 g/mol. The zero-order valence-corrected chi connectivity index (χ0v) is 21.0. The van der Waals surface area contributed by atoms with Gasteiger partial charge in [0, 0.05) is 56.2 Å². The zero-order valence-electron chi connectivity index (χ0n) is 21.0. The lowest BCUT2D eigenvalue weighted by Gasteiger charge is -2.34. The van der Waals surface area contributed by atoms with Crippen LogP contribution in [0.15, 0.2) is 48.8 Å². The van der Waals surface area contributed by atoms with Gasteiger partial charge in [-0.3, -0.25) is 9.48 Å². The van der Waals surface area contributed by atoms with Crippen molar-refractivity contribution in [1.82, 2.24) is 20.0 Å². The number of likely N-dealkylation sites (N-methyl/N-ethyl adjacent to an activating group) is 1. The molecule has 4 rings (SSSR count). The smallest absolute Gasteiger partial charge is 0.252 e. The van der Waals surface area contributed by atoms with Crippen molar-refractivity contribution in [3.8, 4) is 16.9 Å². The molecule has 2 N–H and O–H groups in total. The Bertz CT molecular complexity index is 1170. The van der Waals surface area contributed by atoms with Gasteiger partial charge in [0.15, 0.2) is 0 Å². The Kier molecular flexibility index (Phi) is 7.73. The van der Waals surface area contributed by atoms with Gasteiger partial charge >= 0.3 is 0 Å². The molecule has 0 saturated carbocycles. The summed E-state index contributed by atoms with van der Waals surface area (Å²) in [6, 6.07) is 11.8. The highest BCUT2D eigenvalue weighted by molar-refractivity contribution is 5.97. The van der Waals surface area contributed by atoms with Gasteiger partial charge < -0.3 is 25.0 Å². The molecule has 1 aliphatic heterocycles. The van der Waals surface area contributed by atoms with E-state index in [1.807, 2.05) is 57.4 Å². The third kappa shape index (κ3) is 6.01. The minimum Gasteiger partial charge on any atom is -0.491 e. The van der Waals surface area contributed by atoms with E-state index in [4.69, 9.17) is 4.74 Å². The molecule has 1 aromatic heterocycles. The predicted molar refractivity (Wildman–Crippen MR) is 138 cm³/mol. The molecule has 0 spiro atoms. The first-order chi connectivity index (χ1) is 16.8. The fourth-order valence-corrected chi connectivity index (χ4v) is 4.33. The molecule has 1 aliphatic rings. The number of aliphatic hydroxyl groups is 1. The van der Waals surface area contributed by atoms with Gasteiger partial charge in [0.1, 0.15) is 12.4 Å². The number of hydrogen-bond donors (Lipinski definition) is 2. The van der Waals surface area contributed by atoms with E-state index >= 15 is 0 Å². The number of hydrogen-bond acceptors (Lipinski definition) is 6. The summed E-state index contributed by atoms with van der Waals surface area (Å²) in [5, 5.41) is 16.6. The Balaban J connectivity index is 1.55. The van der Waals surface area contributed by atoms with Crippen LogP contribution in [0.2, 0.25) is 0 Å². The third-order valence-corrected chi connectivity index (χ3v) is 6.51. The quantitative estimate of drug-likeness (QED) is 0.519. The Morgan fingerprint density at radius 3 is 2.57 bits per heavy atom. The van der Waals surface area contributed by atoms with Crippen molar-refractivity contribution in [2.75, 3.05) is 51.3 Å². The van der Waals surface area contributed by atoms with E-state index in [1.165, 1.54) is 0 Å². The number of amides is 1. The standard InChI is InChI=1S/C27H35N5O3/c1-19-5-6-24(32-9-7-30(3)8-10-32)16-26(19)27(34)29-20(2)21-13-22(23-17-28-31(4)18-23)15-25(14-21)35-12-11-33/h5-6,13-18,20,33H,7-12H2,1-4H3,(H,29,34)/t20-/m1/s1. The molecule has 1 atom stereocenters. The molecule has 0 radical (unpaired) electrons. The van der Waals surface area contributed by atoms with Crippen molar-refractivity contribution in [3.63, 3.8) is 0 Å². The van der Waals surface area contributed by atoms with Gasteiger partial charge in [0.05, 0.1) is 18.8 Å². The number of nitrogens with zero attached hydrogens (tertiary/aromatic N) is 4. The first-order valence-corrected chi connectivity index (χ1v) is 12.1. The van der Waals surface area contributed by atoms with Gasteiger partial charge in [-0.25, -0.2) is 0 Å². The van der Waals surface area contributed by atoms with Crippen LogP contribution in [-0.4, -0.2) is 72.1 Å². The van der Waals surface area contributed by atoms with Crippen molar-refractivity contribution in [2.45, 2.75) is 19.9 Å². The number of aromatic nitrogens is 2. The number of nitrogens with one attached hydrogen (secondary N) is 1. The summed E-state index contributed by atoms with van der Waals surface area (Å²) < 4.78 is 7.46. The molecular formula is C27H35N5O3.